The quantitative estimate of drug-likeness (QED) is 0.366. The van der Waals surface area contributed by atoms with Crippen molar-refractivity contribution < 1.29 is 14.3 Å². The van der Waals surface area contributed by atoms with Crippen LogP contribution in [0.15, 0.2) is 12.2 Å². The Morgan fingerprint density at radius 3 is 2.85 bits per heavy atom. The van der Waals surface area contributed by atoms with E-state index in [2.05, 4.69) is 4.74 Å². The Morgan fingerprint density at radius 2 is 2.31 bits per heavy atom. The molecule has 0 saturated carbocycles. The lowest BCUT2D eigenvalue weighted by Gasteiger charge is -2.27. The first-order chi connectivity index (χ1) is 6.20. The molecule has 72 valence electrons. The number of methoxy groups -OCH3 is 1. The first kappa shape index (κ1) is 9.96. The van der Waals surface area contributed by atoms with Gasteiger partial charge in [-0.15, -0.1) is 0 Å². The number of carbonyl (C=O) groups is 2. The second-order valence-electron chi connectivity index (χ2n) is 3.37. The summed E-state index contributed by atoms with van der Waals surface area (Å²) in [6.07, 6.45) is 5.40. The van der Waals surface area contributed by atoms with Gasteiger partial charge in [-0.05, 0) is 12.3 Å². The summed E-state index contributed by atoms with van der Waals surface area (Å²) in [5, 5.41) is 0. The van der Waals surface area contributed by atoms with Crippen molar-refractivity contribution >= 4 is 12.3 Å². The number of hydrogen-bond donors (Lipinski definition) is 0. The molecule has 3 nitrogen and oxygen atoms in total. The molecule has 0 unspecified atom stereocenters. The van der Waals surface area contributed by atoms with Crippen molar-refractivity contribution in [2.75, 3.05) is 7.11 Å². The first-order valence-corrected chi connectivity index (χ1v) is 4.40. The molecule has 0 amide bonds. The number of aldehydes is 1. The minimum Gasteiger partial charge on any atom is -0.469 e. The van der Waals surface area contributed by atoms with Gasteiger partial charge in [0.05, 0.1) is 13.0 Å². The molecule has 0 bridgehead atoms. The highest BCUT2D eigenvalue weighted by molar-refractivity contribution is 5.77. The lowest BCUT2D eigenvalue weighted by atomic mass is 9.77. The Bertz CT molecular complexity index is 232. The maximum Gasteiger partial charge on any atom is 0.309 e. The van der Waals surface area contributed by atoms with Crippen LogP contribution in [0.3, 0.4) is 0 Å². The fourth-order valence-electron chi connectivity index (χ4n) is 1.77. The number of esters is 1. The molecule has 0 aromatic heterocycles. The number of carbonyl (C=O) groups excluding carboxylic acids is 2. The van der Waals surface area contributed by atoms with Gasteiger partial charge in [0.15, 0.2) is 0 Å². The van der Waals surface area contributed by atoms with Crippen LogP contribution in [0.1, 0.15) is 13.3 Å². The molecule has 0 aliphatic heterocycles. The summed E-state index contributed by atoms with van der Waals surface area (Å²) in [4.78, 5) is 22.0. The summed E-state index contributed by atoms with van der Waals surface area (Å²) in [6, 6.07) is 0. The van der Waals surface area contributed by atoms with Crippen LogP contribution in [-0.4, -0.2) is 19.4 Å². The lowest BCUT2D eigenvalue weighted by Crippen LogP contribution is -2.32. The molecule has 0 spiro atoms. The third-order valence-corrected chi connectivity index (χ3v) is 2.52. The predicted octanol–water partition coefficient (Wildman–Crippen LogP) is 1.19. The van der Waals surface area contributed by atoms with Gasteiger partial charge in [0.1, 0.15) is 6.29 Å². The number of ether oxygens (including phenoxy) is 1. The maximum atomic E-state index is 11.3. The SMILES string of the molecule is COC(=O)[C@H]1[C@@H](C)C=CC[C@@H]1C=O. The van der Waals surface area contributed by atoms with Gasteiger partial charge in [-0.25, -0.2) is 0 Å². The van der Waals surface area contributed by atoms with Crippen LogP contribution in [-0.2, 0) is 14.3 Å². The van der Waals surface area contributed by atoms with Crippen LogP contribution >= 0.6 is 0 Å². The number of allylic oxidation sites excluding steroid dienone is 2. The highest BCUT2D eigenvalue weighted by Crippen LogP contribution is 2.29. The van der Waals surface area contributed by atoms with Crippen molar-refractivity contribution in [3.63, 3.8) is 0 Å². The Labute approximate surface area is 77.8 Å². The van der Waals surface area contributed by atoms with Crippen LogP contribution in [0.25, 0.3) is 0 Å². The second kappa shape index (κ2) is 4.21. The van der Waals surface area contributed by atoms with Gasteiger partial charge in [-0.3, -0.25) is 4.79 Å². The molecule has 3 atom stereocenters. The summed E-state index contributed by atoms with van der Waals surface area (Å²) in [7, 11) is 1.36. The molecule has 1 rings (SSSR count). The lowest BCUT2D eigenvalue weighted by molar-refractivity contribution is -0.150. The van der Waals surface area contributed by atoms with Gasteiger partial charge < -0.3 is 9.53 Å². The Kier molecular flexibility index (Phi) is 3.23. The average molecular weight is 182 g/mol. The minimum atomic E-state index is -0.299. The Morgan fingerprint density at radius 1 is 1.62 bits per heavy atom. The van der Waals surface area contributed by atoms with Gasteiger partial charge in [-0.1, -0.05) is 19.1 Å². The Balaban J connectivity index is 2.81. The predicted molar refractivity (Wildman–Crippen MR) is 48.0 cm³/mol. The third kappa shape index (κ3) is 1.97. The monoisotopic (exact) mass is 182 g/mol. The summed E-state index contributed by atoms with van der Waals surface area (Å²) in [5.74, 6) is -0.703. The fourth-order valence-corrected chi connectivity index (χ4v) is 1.77. The molecule has 0 radical (unpaired) electrons. The van der Waals surface area contributed by atoms with Crippen molar-refractivity contribution in [1.29, 1.82) is 0 Å². The van der Waals surface area contributed by atoms with E-state index in [9.17, 15) is 9.59 Å². The van der Waals surface area contributed by atoms with Crippen LogP contribution in [0.4, 0.5) is 0 Å². The van der Waals surface area contributed by atoms with E-state index < -0.39 is 0 Å². The minimum absolute atomic E-state index is 0.0939. The van der Waals surface area contributed by atoms with Gasteiger partial charge in [-0.2, -0.15) is 0 Å². The van der Waals surface area contributed by atoms with Crippen LogP contribution < -0.4 is 0 Å². The molecule has 1 aliphatic carbocycles. The highest BCUT2D eigenvalue weighted by atomic mass is 16.5. The zero-order valence-electron chi connectivity index (χ0n) is 7.90. The molecule has 3 heteroatoms. The zero-order valence-corrected chi connectivity index (χ0v) is 7.90. The molecular formula is C10H14O3. The van der Waals surface area contributed by atoms with Crippen LogP contribution in [0.2, 0.25) is 0 Å². The van der Waals surface area contributed by atoms with E-state index in [1.54, 1.807) is 0 Å². The van der Waals surface area contributed by atoms with E-state index in [-0.39, 0.29) is 23.7 Å². The summed E-state index contributed by atoms with van der Waals surface area (Å²) >= 11 is 0. The van der Waals surface area contributed by atoms with Crippen molar-refractivity contribution in [2.45, 2.75) is 13.3 Å². The highest BCUT2D eigenvalue weighted by Gasteiger charge is 2.34. The van der Waals surface area contributed by atoms with Crippen LogP contribution in [0.5, 0.6) is 0 Å². The average Bonchev–Trinajstić information content (AvgIpc) is 2.16. The summed E-state index contributed by atoms with van der Waals surface area (Å²) < 4.78 is 4.66. The molecule has 0 fully saturated rings. The van der Waals surface area contributed by atoms with Crippen LogP contribution in [0, 0.1) is 17.8 Å². The molecule has 0 heterocycles. The van der Waals surface area contributed by atoms with E-state index in [1.165, 1.54) is 7.11 Å². The van der Waals surface area contributed by atoms with E-state index in [0.717, 1.165) is 6.29 Å². The maximum absolute atomic E-state index is 11.3. The molecular weight excluding hydrogens is 168 g/mol. The van der Waals surface area contributed by atoms with Gasteiger partial charge in [0.25, 0.3) is 0 Å². The van der Waals surface area contributed by atoms with E-state index in [1.807, 2.05) is 19.1 Å². The normalized spacial score (nSPS) is 32.6. The van der Waals surface area contributed by atoms with Crippen molar-refractivity contribution in [3.8, 4) is 0 Å². The fraction of sp³-hybridized carbons (Fsp3) is 0.600. The third-order valence-electron chi connectivity index (χ3n) is 2.52. The standard InChI is InChI=1S/C10H14O3/c1-7-4-3-5-8(6-11)9(7)10(12)13-2/h3-4,6-9H,5H2,1-2H3/t7-,8+,9-/m0/s1. The smallest absolute Gasteiger partial charge is 0.309 e. The van der Waals surface area contributed by atoms with E-state index in [0.29, 0.717) is 6.42 Å². The van der Waals surface area contributed by atoms with E-state index in [4.69, 9.17) is 0 Å². The Hall–Kier alpha value is -1.12. The van der Waals surface area contributed by atoms with Crippen molar-refractivity contribution in [1.82, 2.24) is 0 Å². The van der Waals surface area contributed by atoms with Crippen molar-refractivity contribution in [2.24, 2.45) is 17.8 Å². The topological polar surface area (TPSA) is 43.4 Å². The second-order valence-corrected chi connectivity index (χ2v) is 3.37. The summed E-state index contributed by atoms with van der Waals surface area (Å²) in [5.41, 5.74) is 0. The molecule has 13 heavy (non-hydrogen) atoms. The van der Waals surface area contributed by atoms with Gasteiger partial charge in [0.2, 0.25) is 0 Å². The van der Waals surface area contributed by atoms with Crippen molar-refractivity contribution in [3.05, 3.63) is 12.2 Å². The van der Waals surface area contributed by atoms with Gasteiger partial charge >= 0.3 is 5.97 Å². The molecule has 0 aromatic rings. The zero-order chi connectivity index (χ0) is 9.84. The van der Waals surface area contributed by atoms with Gasteiger partial charge in [0, 0.05) is 5.92 Å². The largest absolute Gasteiger partial charge is 0.469 e. The molecule has 0 N–H and O–H groups in total. The first-order valence-electron chi connectivity index (χ1n) is 4.40. The number of hydrogen-bond acceptors (Lipinski definition) is 3. The number of rotatable bonds is 2. The summed E-state index contributed by atoms with van der Waals surface area (Å²) in [6.45, 7) is 1.92. The molecule has 0 saturated heterocycles. The molecule has 1 aliphatic rings. The van der Waals surface area contributed by atoms with E-state index >= 15 is 0 Å². The molecule has 0 aromatic carbocycles.